The molecule has 0 aliphatic rings. The third-order valence-electron chi connectivity index (χ3n) is 0. The summed E-state index contributed by atoms with van der Waals surface area (Å²) < 4.78 is 16.6. The second-order valence-electron chi connectivity index (χ2n) is 0.277. The van der Waals surface area contributed by atoms with E-state index >= 15 is 0 Å². The summed E-state index contributed by atoms with van der Waals surface area (Å²) in [5.41, 5.74) is 0. The summed E-state index contributed by atoms with van der Waals surface area (Å²) in [4.78, 5) is 0. The Balaban J connectivity index is 0. The van der Waals surface area contributed by atoms with Crippen molar-refractivity contribution in [2.45, 2.75) is 0 Å². The molecule has 2 nitrogen and oxygen atoms in total. The minimum absolute atomic E-state index is 0.167. The van der Waals surface area contributed by atoms with Crippen LogP contribution in [0.4, 0.5) is 0 Å². The first kappa shape index (κ1) is 10.9. The third kappa shape index (κ3) is 178. The summed E-state index contributed by atoms with van der Waals surface area (Å²) in [6, 6.07) is 0. The number of hydrogen-bond acceptors (Lipinski definition) is 2. The van der Waals surface area contributed by atoms with Gasteiger partial charge in [-0.15, -0.1) is 0 Å². The van der Waals surface area contributed by atoms with Crippen molar-refractivity contribution in [2.24, 2.45) is 0 Å². The van der Waals surface area contributed by atoms with Crippen molar-refractivity contribution in [3.05, 3.63) is 4.30 Å². The van der Waals surface area contributed by atoms with Crippen molar-refractivity contribution in [3.63, 3.8) is 0 Å². The normalized spacial score (nSPS) is 6.86. The Kier molecular flexibility index (Phi) is 15.7. The van der Waals surface area contributed by atoms with Gasteiger partial charge in [0.2, 0.25) is 0 Å². The predicted octanol–water partition coefficient (Wildman–Crippen LogP) is 1.91. The van der Waals surface area contributed by atoms with Gasteiger partial charge in [0.05, 0.1) is 0 Å². The topological polar surface area (TPSA) is 34.1 Å². The molecule has 0 atom stereocenters. The quantitative estimate of drug-likeness (QED) is 0.447. The first-order valence-corrected chi connectivity index (χ1v) is 2.97. The fourth-order valence-corrected chi connectivity index (χ4v) is 0. The summed E-state index contributed by atoms with van der Waals surface area (Å²) in [6.45, 7) is 0. The summed E-state index contributed by atoms with van der Waals surface area (Å²) in [6.07, 6.45) is 0. The minimum atomic E-state index is -1.44. The molecule has 0 aliphatic carbocycles. The van der Waals surface area contributed by atoms with E-state index in [0.29, 0.717) is 0 Å². The van der Waals surface area contributed by atoms with Gasteiger partial charge < -0.3 is 34.8 Å². The van der Waals surface area contributed by atoms with Gasteiger partial charge in [-0.2, -0.15) is 0 Å². The zero-order chi connectivity index (χ0) is 6.28. The van der Waals surface area contributed by atoms with Crippen molar-refractivity contribution in [1.29, 1.82) is 0 Å². The molecule has 0 radical (unpaired) electrons. The zero-order valence-corrected chi connectivity index (χ0v) is 6.28. The van der Waals surface area contributed by atoms with E-state index in [4.69, 9.17) is 42.5 Å². The molecule has 0 amide bonds. The van der Waals surface area contributed by atoms with Gasteiger partial charge in [-0.05, 0) is 0 Å². The Morgan fingerprint density at radius 1 is 1.14 bits per heavy atom. The van der Waals surface area contributed by atoms with Crippen LogP contribution < -0.4 is 0 Å². The monoisotopic (exact) mass is 204 g/mol. The van der Waals surface area contributed by atoms with Crippen LogP contribution in [0.25, 0.3) is 0 Å². The molecule has 0 aliphatic heterocycles. The molecule has 0 saturated carbocycles. The van der Waals surface area contributed by atoms with Crippen LogP contribution in [0, 0.1) is 4.30 Å². The van der Waals surface area contributed by atoms with Crippen LogP contribution in [-0.2, 0) is 22.5 Å². The van der Waals surface area contributed by atoms with E-state index < -0.39 is 14.8 Å². The second kappa shape index (κ2) is 10.1. The molecule has 0 aromatic heterocycles. The SMILES string of the molecule is Cl[C-](Cl)Cl.[O]=[Mn]=[O]. The van der Waals surface area contributed by atoms with Crippen LogP contribution in [-0.4, -0.2) is 0 Å². The Bertz CT molecular complexity index is 55.2. The van der Waals surface area contributed by atoms with Gasteiger partial charge >= 0.3 is 22.5 Å². The van der Waals surface area contributed by atoms with Gasteiger partial charge in [0.25, 0.3) is 0 Å². The summed E-state index contributed by atoms with van der Waals surface area (Å²) in [5.74, 6) is 0. The predicted molar refractivity (Wildman–Crippen MR) is 22.2 cm³/mol. The Morgan fingerprint density at radius 2 is 1.14 bits per heavy atom. The van der Waals surface area contributed by atoms with E-state index in [1.54, 1.807) is 0 Å². The zero-order valence-electron chi connectivity index (χ0n) is 2.83. The maximum atomic E-state index is 8.41. The molecule has 7 heavy (non-hydrogen) atoms. The molecule has 0 spiro atoms. The maximum absolute atomic E-state index is 8.41. The molecule has 0 saturated heterocycles. The van der Waals surface area contributed by atoms with Gasteiger partial charge in [0, 0.05) is 0 Å². The van der Waals surface area contributed by atoms with Crippen LogP contribution >= 0.6 is 34.8 Å². The average molecular weight is 205 g/mol. The molecule has 0 aromatic rings. The van der Waals surface area contributed by atoms with E-state index in [9.17, 15) is 0 Å². The Hall–Kier alpha value is 0.989. The first-order chi connectivity index (χ1) is 3.15. The van der Waals surface area contributed by atoms with Crippen molar-refractivity contribution < 1.29 is 22.5 Å². The summed E-state index contributed by atoms with van der Waals surface area (Å²) in [5, 5.41) is 0. The van der Waals surface area contributed by atoms with Crippen molar-refractivity contribution in [1.82, 2.24) is 0 Å². The molecule has 6 heteroatoms. The van der Waals surface area contributed by atoms with E-state index in [0.717, 1.165) is 0 Å². The Labute approximate surface area is 61.7 Å². The molecule has 0 heterocycles. The van der Waals surface area contributed by atoms with Crippen molar-refractivity contribution in [2.75, 3.05) is 0 Å². The average Bonchev–Trinajstić information content (AvgIpc) is 1.33. The molecule has 0 aromatic carbocycles. The van der Waals surface area contributed by atoms with Crippen LogP contribution in [0.1, 0.15) is 0 Å². The Morgan fingerprint density at radius 3 is 1.14 bits per heavy atom. The third-order valence-corrected chi connectivity index (χ3v) is 0. The number of rotatable bonds is 0. The summed E-state index contributed by atoms with van der Waals surface area (Å²) in [7, 11) is 0. The fourth-order valence-electron chi connectivity index (χ4n) is 0. The van der Waals surface area contributed by atoms with Crippen LogP contribution in [0.15, 0.2) is 0 Å². The van der Waals surface area contributed by atoms with Crippen LogP contribution in [0.5, 0.6) is 0 Å². The van der Waals surface area contributed by atoms with Crippen molar-refractivity contribution >= 4 is 34.8 Å². The first-order valence-electron chi connectivity index (χ1n) is 0.876. The molecule has 0 fully saturated rings. The molecular weight excluding hydrogens is 205 g/mol. The van der Waals surface area contributed by atoms with Gasteiger partial charge in [-0.3, -0.25) is 0 Å². The van der Waals surface area contributed by atoms with E-state index in [1.165, 1.54) is 0 Å². The molecule has 0 rings (SSSR count). The van der Waals surface area contributed by atoms with Gasteiger partial charge in [-0.25, -0.2) is 0 Å². The second-order valence-corrected chi connectivity index (χ2v) is 2.19. The number of halogens is 3. The number of hydrogen-bond donors (Lipinski definition) is 0. The van der Waals surface area contributed by atoms with E-state index in [2.05, 4.69) is 0 Å². The summed E-state index contributed by atoms with van der Waals surface area (Å²) >= 11 is 12.7. The molecule has 0 N–H and O–H groups in total. The van der Waals surface area contributed by atoms with E-state index in [-0.39, 0.29) is 4.30 Å². The fraction of sp³-hybridized carbons (Fsp3) is 0. The van der Waals surface area contributed by atoms with Crippen LogP contribution in [0.3, 0.4) is 0 Å². The molecular formula is CCl3MnO2-. The standard InChI is InChI=1S/CCl3.Mn.2O/c2-1(3)4;;;/q-1;;;. The van der Waals surface area contributed by atoms with Gasteiger partial charge in [0.1, 0.15) is 0 Å². The molecule has 45 valence electrons. The van der Waals surface area contributed by atoms with Gasteiger partial charge in [-0.1, -0.05) is 4.30 Å². The molecule has 0 unspecified atom stereocenters. The van der Waals surface area contributed by atoms with Crippen LogP contribution in [0.2, 0.25) is 0 Å². The molecule has 0 bridgehead atoms. The van der Waals surface area contributed by atoms with Gasteiger partial charge in [0.15, 0.2) is 0 Å². The van der Waals surface area contributed by atoms with E-state index in [1.807, 2.05) is 0 Å². The van der Waals surface area contributed by atoms with Crippen molar-refractivity contribution in [3.8, 4) is 0 Å².